The SMILES string of the molecule is COc1cc(/C=C(/C#N)C(=O)NCCc2c[nH]c3ccccc23)cc(I)c1OCc1ccc(C(=O)O)cc1. The summed E-state index contributed by atoms with van der Waals surface area (Å²) in [7, 11) is 1.51. The van der Waals surface area contributed by atoms with Crippen LogP contribution in [0.1, 0.15) is 27.0 Å². The number of aromatic nitrogens is 1. The number of carboxylic acids is 1. The van der Waals surface area contributed by atoms with Crippen molar-refractivity contribution in [2.75, 3.05) is 13.7 Å². The number of carbonyl (C=O) groups is 2. The van der Waals surface area contributed by atoms with E-state index in [2.05, 4.69) is 32.9 Å². The van der Waals surface area contributed by atoms with Crippen LogP contribution in [0.5, 0.6) is 11.5 Å². The summed E-state index contributed by atoms with van der Waals surface area (Å²) >= 11 is 2.10. The van der Waals surface area contributed by atoms with Crippen LogP contribution in [0.4, 0.5) is 0 Å². The van der Waals surface area contributed by atoms with Crippen LogP contribution in [-0.4, -0.2) is 35.6 Å². The fraction of sp³-hybridized carbons (Fsp3) is 0.138. The number of ether oxygens (including phenoxy) is 2. The van der Waals surface area contributed by atoms with Crippen molar-refractivity contribution in [3.8, 4) is 17.6 Å². The van der Waals surface area contributed by atoms with Gasteiger partial charge in [0.1, 0.15) is 18.2 Å². The third-order valence-corrected chi connectivity index (χ3v) is 6.67. The summed E-state index contributed by atoms with van der Waals surface area (Å²) in [6.45, 7) is 0.602. The molecule has 0 aliphatic carbocycles. The highest BCUT2D eigenvalue weighted by Gasteiger charge is 2.15. The van der Waals surface area contributed by atoms with Crippen molar-refractivity contribution in [3.05, 3.63) is 98.3 Å². The Labute approximate surface area is 233 Å². The van der Waals surface area contributed by atoms with E-state index in [1.807, 2.05) is 36.5 Å². The summed E-state index contributed by atoms with van der Waals surface area (Å²) in [6, 6.07) is 19.9. The third-order valence-electron chi connectivity index (χ3n) is 5.87. The molecule has 0 saturated carbocycles. The van der Waals surface area contributed by atoms with Gasteiger partial charge in [-0.05, 0) is 82.1 Å². The largest absolute Gasteiger partial charge is 0.493 e. The molecule has 3 N–H and O–H groups in total. The fourth-order valence-electron chi connectivity index (χ4n) is 3.92. The highest BCUT2D eigenvalue weighted by Crippen LogP contribution is 2.35. The topological polar surface area (TPSA) is 124 Å². The number of amides is 1. The number of H-pyrrole nitrogens is 1. The number of rotatable bonds is 10. The van der Waals surface area contributed by atoms with Crippen molar-refractivity contribution in [2.24, 2.45) is 0 Å². The minimum Gasteiger partial charge on any atom is -0.493 e. The molecule has 1 amide bonds. The predicted molar refractivity (Wildman–Crippen MR) is 152 cm³/mol. The number of benzene rings is 3. The monoisotopic (exact) mass is 621 g/mol. The molecule has 0 radical (unpaired) electrons. The Kier molecular flexibility index (Phi) is 8.66. The van der Waals surface area contributed by atoms with Gasteiger partial charge in [0.05, 0.1) is 16.2 Å². The maximum Gasteiger partial charge on any atom is 0.335 e. The number of hydrogen-bond acceptors (Lipinski definition) is 5. The summed E-state index contributed by atoms with van der Waals surface area (Å²) in [5.41, 5.74) is 3.73. The van der Waals surface area contributed by atoms with E-state index in [0.29, 0.717) is 30.0 Å². The number of aromatic carboxylic acids is 1. The van der Waals surface area contributed by atoms with Gasteiger partial charge in [-0.2, -0.15) is 5.26 Å². The van der Waals surface area contributed by atoms with Crippen molar-refractivity contribution in [1.82, 2.24) is 10.3 Å². The Morgan fingerprint density at radius 1 is 1.16 bits per heavy atom. The number of nitriles is 1. The Balaban J connectivity index is 1.42. The number of nitrogens with one attached hydrogen (secondary N) is 2. The first-order valence-electron chi connectivity index (χ1n) is 11.7. The van der Waals surface area contributed by atoms with Crippen molar-refractivity contribution in [2.45, 2.75) is 13.0 Å². The van der Waals surface area contributed by atoms with Gasteiger partial charge in [-0.25, -0.2) is 4.79 Å². The standard InChI is InChI=1S/C29H24IN3O5/c1-37-26-14-19(13-24(30)27(26)38-17-18-6-8-20(9-7-18)29(35)36)12-22(15-31)28(34)32-11-10-21-16-33-25-5-3-2-4-23(21)25/h2-9,12-14,16,33H,10-11,17H2,1H3,(H,32,34)(H,35,36)/b22-12-. The molecule has 0 bridgehead atoms. The molecule has 1 heterocycles. The van der Waals surface area contributed by atoms with Gasteiger partial charge in [0.2, 0.25) is 0 Å². The highest BCUT2D eigenvalue weighted by atomic mass is 127. The van der Waals surface area contributed by atoms with Gasteiger partial charge in [-0.1, -0.05) is 30.3 Å². The molecule has 1 aromatic heterocycles. The second kappa shape index (κ2) is 12.3. The molecule has 0 spiro atoms. The smallest absolute Gasteiger partial charge is 0.335 e. The van der Waals surface area contributed by atoms with Gasteiger partial charge in [0, 0.05) is 23.6 Å². The fourth-order valence-corrected chi connectivity index (χ4v) is 4.70. The number of aromatic amines is 1. The molecular formula is C29H24IN3O5. The number of carboxylic acid groups (broad SMARTS) is 1. The Morgan fingerprint density at radius 3 is 2.63 bits per heavy atom. The lowest BCUT2D eigenvalue weighted by Gasteiger charge is -2.14. The van der Waals surface area contributed by atoms with Crippen molar-refractivity contribution < 1.29 is 24.2 Å². The lowest BCUT2D eigenvalue weighted by atomic mass is 10.1. The molecule has 0 fully saturated rings. The summed E-state index contributed by atoms with van der Waals surface area (Å²) < 4.78 is 12.2. The first kappa shape index (κ1) is 26.8. The molecule has 0 aliphatic rings. The molecule has 38 heavy (non-hydrogen) atoms. The molecule has 0 atom stereocenters. The molecule has 4 aromatic rings. The predicted octanol–water partition coefficient (Wildman–Crippen LogP) is 5.32. The zero-order valence-corrected chi connectivity index (χ0v) is 22.6. The molecule has 9 heteroatoms. The molecular weight excluding hydrogens is 597 g/mol. The first-order valence-corrected chi connectivity index (χ1v) is 12.7. The van der Waals surface area contributed by atoms with E-state index in [4.69, 9.17) is 14.6 Å². The van der Waals surface area contributed by atoms with Crippen molar-refractivity contribution in [3.63, 3.8) is 0 Å². The Morgan fingerprint density at radius 2 is 1.92 bits per heavy atom. The summed E-state index contributed by atoms with van der Waals surface area (Å²) in [4.78, 5) is 27.0. The number of nitrogens with zero attached hydrogens (tertiary/aromatic N) is 1. The molecule has 192 valence electrons. The van der Waals surface area contributed by atoms with E-state index in [0.717, 1.165) is 25.6 Å². The summed E-state index contributed by atoms with van der Waals surface area (Å²) in [5, 5.41) is 22.6. The van der Waals surface area contributed by atoms with Gasteiger partial charge >= 0.3 is 5.97 Å². The number of fused-ring (bicyclic) bond motifs is 1. The van der Waals surface area contributed by atoms with Crippen LogP contribution in [-0.2, 0) is 17.8 Å². The molecule has 0 unspecified atom stereocenters. The number of halogens is 1. The number of methoxy groups -OCH3 is 1. The van der Waals surface area contributed by atoms with E-state index >= 15 is 0 Å². The highest BCUT2D eigenvalue weighted by molar-refractivity contribution is 14.1. The third kappa shape index (κ3) is 6.33. The van der Waals surface area contributed by atoms with Crippen molar-refractivity contribution in [1.29, 1.82) is 5.26 Å². The minimum absolute atomic E-state index is 0.0195. The van der Waals surface area contributed by atoms with Crippen molar-refractivity contribution >= 4 is 51.4 Å². The zero-order valence-electron chi connectivity index (χ0n) is 20.5. The molecule has 0 saturated heterocycles. The van der Waals surface area contributed by atoms with E-state index in [-0.39, 0.29) is 17.7 Å². The van der Waals surface area contributed by atoms with Gasteiger partial charge in [-0.3, -0.25) is 4.79 Å². The first-order chi connectivity index (χ1) is 18.4. The lowest BCUT2D eigenvalue weighted by Crippen LogP contribution is -2.26. The quantitative estimate of drug-likeness (QED) is 0.125. The van der Waals surface area contributed by atoms with Crippen LogP contribution in [0.2, 0.25) is 0 Å². The van der Waals surface area contributed by atoms with Crippen LogP contribution in [0.25, 0.3) is 17.0 Å². The lowest BCUT2D eigenvalue weighted by molar-refractivity contribution is -0.117. The van der Waals surface area contributed by atoms with E-state index in [1.165, 1.54) is 25.3 Å². The van der Waals surface area contributed by atoms with Gasteiger partial charge in [-0.15, -0.1) is 0 Å². The average molecular weight is 621 g/mol. The molecule has 0 aliphatic heterocycles. The second-order valence-electron chi connectivity index (χ2n) is 8.36. The van der Waals surface area contributed by atoms with E-state index in [9.17, 15) is 14.9 Å². The summed E-state index contributed by atoms with van der Waals surface area (Å²) in [6.07, 6.45) is 4.08. The van der Waals surface area contributed by atoms with Crippen LogP contribution in [0.3, 0.4) is 0 Å². The number of hydrogen-bond donors (Lipinski definition) is 3. The average Bonchev–Trinajstić information content (AvgIpc) is 3.34. The van der Waals surface area contributed by atoms with Gasteiger partial charge < -0.3 is 24.9 Å². The molecule has 8 nitrogen and oxygen atoms in total. The van der Waals surface area contributed by atoms with Crippen LogP contribution < -0.4 is 14.8 Å². The van der Waals surface area contributed by atoms with Gasteiger partial charge in [0.25, 0.3) is 5.91 Å². The Bertz CT molecular complexity index is 1550. The maximum absolute atomic E-state index is 12.7. The Hall–Kier alpha value is -4.30. The summed E-state index contributed by atoms with van der Waals surface area (Å²) in [5.74, 6) is -0.486. The maximum atomic E-state index is 12.7. The van der Waals surface area contributed by atoms with Crippen LogP contribution >= 0.6 is 22.6 Å². The second-order valence-corrected chi connectivity index (χ2v) is 9.52. The molecule has 4 rings (SSSR count). The molecule has 3 aromatic carbocycles. The van der Waals surface area contributed by atoms with Crippen LogP contribution in [0, 0.1) is 14.9 Å². The minimum atomic E-state index is -0.989. The van der Waals surface area contributed by atoms with Gasteiger partial charge in [0.15, 0.2) is 11.5 Å². The van der Waals surface area contributed by atoms with Crippen LogP contribution in [0.15, 0.2) is 72.4 Å². The number of carbonyl (C=O) groups excluding carboxylic acids is 1. The van der Waals surface area contributed by atoms with E-state index in [1.54, 1.807) is 24.3 Å². The van der Waals surface area contributed by atoms with E-state index < -0.39 is 11.9 Å². The zero-order chi connectivity index (χ0) is 27.1. The number of para-hydroxylation sites is 1. The normalized spacial score (nSPS) is 11.1.